The number of imide groups is 1. The van der Waals surface area contributed by atoms with Crippen LogP contribution in [0.15, 0.2) is 81.8 Å². The summed E-state index contributed by atoms with van der Waals surface area (Å²) in [5.41, 5.74) is 0.807. The second-order valence-corrected chi connectivity index (χ2v) is 8.87. The van der Waals surface area contributed by atoms with Crippen LogP contribution in [0.1, 0.15) is 5.76 Å². The van der Waals surface area contributed by atoms with Gasteiger partial charge in [0.05, 0.1) is 23.9 Å². The molecule has 0 saturated carbocycles. The van der Waals surface area contributed by atoms with Gasteiger partial charge in [0, 0.05) is 11.4 Å². The van der Waals surface area contributed by atoms with Crippen molar-refractivity contribution in [2.45, 2.75) is 18.2 Å². The third kappa shape index (κ3) is 5.41. The second-order valence-electron chi connectivity index (χ2n) is 6.89. The number of urea groups is 1. The van der Waals surface area contributed by atoms with Gasteiger partial charge >= 0.3 is 6.03 Å². The smallest absolute Gasteiger partial charge is 0.321 e. The molecule has 10 heteroatoms. The molecule has 8 nitrogen and oxygen atoms in total. The van der Waals surface area contributed by atoms with E-state index in [0.717, 1.165) is 22.2 Å². The maximum absolute atomic E-state index is 13.1. The molecule has 0 spiro atoms. The fraction of sp³-hybridized carbons (Fsp3) is 0.130. The molecule has 1 aromatic carbocycles. The van der Waals surface area contributed by atoms with Gasteiger partial charge in [-0.2, -0.15) is 0 Å². The van der Waals surface area contributed by atoms with Gasteiger partial charge in [-0.1, -0.05) is 48.2 Å². The molecule has 33 heavy (non-hydrogen) atoms. The summed E-state index contributed by atoms with van der Waals surface area (Å²) in [6.45, 7) is 4.13. The average Bonchev–Trinajstić information content (AvgIpc) is 3.49. The molecule has 0 atom stereocenters. The number of thiophene rings is 1. The summed E-state index contributed by atoms with van der Waals surface area (Å²) in [6, 6.07) is 14.4. The van der Waals surface area contributed by atoms with E-state index in [4.69, 9.17) is 4.42 Å². The lowest BCUT2D eigenvalue weighted by atomic mass is 10.2. The molecule has 0 bridgehead atoms. The van der Waals surface area contributed by atoms with Crippen molar-refractivity contribution in [3.05, 3.63) is 83.6 Å². The first-order valence-corrected chi connectivity index (χ1v) is 11.8. The number of hydrogen-bond acceptors (Lipinski definition) is 7. The minimum Gasteiger partial charge on any atom is -0.467 e. The van der Waals surface area contributed by atoms with Crippen LogP contribution in [0.5, 0.6) is 0 Å². The number of carbonyl (C=O) groups excluding carboxylic acids is 2. The van der Waals surface area contributed by atoms with E-state index in [0.29, 0.717) is 21.1 Å². The summed E-state index contributed by atoms with van der Waals surface area (Å²) in [7, 11) is 0. The molecule has 168 valence electrons. The van der Waals surface area contributed by atoms with Crippen molar-refractivity contribution in [3.63, 3.8) is 0 Å². The minimum atomic E-state index is -0.630. The maximum atomic E-state index is 13.1. The van der Waals surface area contributed by atoms with Crippen molar-refractivity contribution >= 4 is 45.3 Å². The van der Waals surface area contributed by atoms with Crippen LogP contribution >= 0.6 is 23.1 Å². The first kappa shape index (κ1) is 22.6. The summed E-state index contributed by atoms with van der Waals surface area (Å²) >= 11 is 2.51. The predicted molar refractivity (Wildman–Crippen MR) is 129 cm³/mol. The minimum absolute atomic E-state index is 0.0832. The molecule has 3 heterocycles. The molecule has 0 fully saturated rings. The van der Waals surface area contributed by atoms with Gasteiger partial charge in [-0.05, 0) is 23.8 Å². The molecule has 0 aliphatic heterocycles. The molecule has 4 rings (SSSR count). The molecular formula is C23H20N4O4S2. The Bertz CT molecular complexity index is 1340. The summed E-state index contributed by atoms with van der Waals surface area (Å²) in [5, 5.41) is 5.71. The van der Waals surface area contributed by atoms with Crippen molar-refractivity contribution in [3.8, 4) is 10.4 Å². The van der Waals surface area contributed by atoms with Crippen LogP contribution in [0.4, 0.5) is 4.79 Å². The highest BCUT2D eigenvalue weighted by molar-refractivity contribution is 7.99. The van der Waals surface area contributed by atoms with Crippen molar-refractivity contribution in [2.75, 3.05) is 5.75 Å². The van der Waals surface area contributed by atoms with E-state index < -0.39 is 11.9 Å². The lowest BCUT2D eigenvalue weighted by molar-refractivity contribution is -0.117. The predicted octanol–water partition coefficient (Wildman–Crippen LogP) is 4.02. The summed E-state index contributed by atoms with van der Waals surface area (Å²) in [4.78, 5) is 43.4. The number of hydrogen-bond donors (Lipinski definition) is 2. The zero-order valence-corrected chi connectivity index (χ0v) is 19.1. The first-order chi connectivity index (χ1) is 16.0. The van der Waals surface area contributed by atoms with E-state index in [9.17, 15) is 14.4 Å². The van der Waals surface area contributed by atoms with Gasteiger partial charge < -0.3 is 9.73 Å². The van der Waals surface area contributed by atoms with E-state index in [1.807, 2.05) is 36.4 Å². The fourth-order valence-corrected chi connectivity index (χ4v) is 4.95. The Morgan fingerprint density at radius 1 is 1.21 bits per heavy atom. The number of fused-ring (bicyclic) bond motifs is 1. The van der Waals surface area contributed by atoms with Gasteiger partial charge in [0.2, 0.25) is 5.91 Å². The van der Waals surface area contributed by atoms with E-state index in [2.05, 4.69) is 22.2 Å². The summed E-state index contributed by atoms with van der Waals surface area (Å²) in [5.74, 6) is -0.0171. The Morgan fingerprint density at radius 2 is 2.03 bits per heavy atom. The van der Waals surface area contributed by atoms with Crippen LogP contribution < -0.4 is 16.2 Å². The van der Waals surface area contributed by atoms with Crippen LogP contribution in [-0.4, -0.2) is 27.2 Å². The van der Waals surface area contributed by atoms with Crippen molar-refractivity contribution < 1.29 is 14.0 Å². The van der Waals surface area contributed by atoms with Crippen molar-refractivity contribution in [1.82, 2.24) is 20.2 Å². The number of rotatable bonds is 8. The molecule has 0 saturated heterocycles. The van der Waals surface area contributed by atoms with E-state index in [1.165, 1.54) is 22.2 Å². The van der Waals surface area contributed by atoms with Crippen molar-refractivity contribution in [2.24, 2.45) is 0 Å². The number of nitrogens with one attached hydrogen (secondary N) is 2. The fourth-order valence-electron chi connectivity index (χ4n) is 3.06. The first-order valence-electron chi connectivity index (χ1n) is 9.98. The number of carbonyl (C=O) groups is 2. The van der Waals surface area contributed by atoms with Crippen LogP contribution in [0, 0.1) is 0 Å². The van der Waals surface area contributed by atoms with Crippen LogP contribution in [0.25, 0.3) is 20.7 Å². The molecular weight excluding hydrogens is 460 g/mol. The highest BCUT2D eigenvalue weighted by Crippen LogP contribution is 2.32. The monoisotopic (exact) mass is 480 g/mol. The Labute approximate surface area is 197 Å². The third-order valence-corrected chi connectivity index (χ3v) is 6.63. The SMILES string of the molecule is C=CCn1c(SCC(=O)NC(=O)NCc2ccco2)nc2sc(-c3ccccc3)cc2c1=O. The number of amides is 3. The number of allylic oxidation sites excluding steroid dienone is 1. The molecule has 0 aliphatic carbocycles. The standard InChI is InChI=1S/C23H20N4O4S2/c1-2-10-27-21(29)17-12-18(15-7-4-3-5-8-15)33-20(17)26-23(27)32-14-19(28)25-22(30)24-13-16-9-6-11-31-16/h2-9,11-12H,1,10,13-14H2,(H2,24,25,28,30). The van der Waals surface area contributed by atoms with Gasteiger partial charge in [-0.3, -0.25) is 19.5 Å². The van der Waals surface area contributed by atoms with E-state index in [-0.39, 0.29) is 24.4 Å². The summed E-state index contributed by atoms with van der Waals surface area (Å²) < 4.78 is 6.61. The normalized spacial score (nSPS) is 10.8. The number of furan rings is 1. The molecule has 0 aliphatic rings. The third-order valence-electron chi connectivity index (χ3n) is 4.57. The summed E-state index contributed by atoms with van der Waals surface area (Å²) in [6.07, 6.45) is 3.10. The Morgan fingerprint density at radius 3 is 2.76 bits per heavy atom. The number of nitrogens with zero attached hydrogens (tertiary/aromatic N) is 2. The second kappa shape index (κ2) is 10.3. The van der Waals surface area contributed by atoms with Crippen molar-refractivity contribution in [1.29, 1.82) is 0 Å². The van der Waals surface area contributed by atoms with Crippen LogP contribution in [0.3, 0.4) is 0 Å². The largest absolute Gasteiger partial charge is 0.467 e. The number of benzene rings is 1. The van der Waals surface area contributed by atoms with Crippen LogP contribution in [-0.2, 0) is 17.9 Å². The lowest BCUT2D eigenvalue weighted by Crippen LogP contribution is -2.40. The maximum Gasteiger partial charge on any atom is 0.321 e. The van der Waals surface area contributed by atoms with Gasteiger partial charge in [-0.25, -0.2) is 9.78 Å². The topological polar surface area (TPSA) is 106 Å². The quantitative estimate of drug-likeness (QED) is 0.224. The Kier molecular flexibility index (Phi) is 7.06. The molecule has 3 aromatic heterocycles. The molecule has 0 radical (unpaired) electrons. The van der Waals surface area contributed by atoms with Gasteiger partial charge in [0.25, 0.3) is 5.56 Å². The highest BCUT2D eigenvalue weighted by Gasteiger charge is 2.16. The van der Waals surface area contributed by atoms with E-state index in [1.54, 1.807) is 18.2 Å². The number of aromatic nitrogens is 2. The van der Waals surface area contributed by atoms with E-state index >= 15 is 0 Å². The lowest BCUT2D eigenvalue weighted by Gasteiger charge is -2.10. The Balaban J connectivity index is 1.48. The highest BCUT2D eigenvalue weighted by atomic mass is 32.2. The zero-order chi connectivity index (χ0) is 23.2. The van der Waals surface area contributed by atoms with Gasteiger partial charge in [0.1, 0.15) is 10.6 Å². The zero-order valence-electron chi connectivity index (χ0n) is 17.4. The van der Waals surface area contributed by atoms with Gasteiger partial charge in [-0.15, -0.1) is 17.9 Å². The number of thioether (sulfide) groups is 1. The molecule has 2 N–H and O–H groups in total. The molecule has 4 aromatic rings. The molecule has 0 unspecified atom stereocenters. The Hall–Kier alpha value is -3.63. The van der Waals surface area contributed by atoms with Crippen LogP contribution in [0.2, 0.25) is 0 Å². The average molecular weight is 481 g/mol. The van der Waals surface area contributed by atoms with Gasteiger partial charge in [0.15, 0.2) is 5.16 Å². The molecule has 3 amide bonds.